The molecule has 0 aliphatic carbocycles. The highest BCUT2D eigenvalue weighted by molar-refractivity contribution is 5.79. The molecule has 0 heterocycles. The summed E-state index contributed by atoms with van der Waals surface area (Å²) in [5, 5.41) is 0. The first kappa shape index (κ1) is 21.6. The number of unbranched alkanes of at least 4 members (excludes halogenated alkanes) is 1. The minimum absolute atomic E-state index is 0.0872. The Morgan fingerprint density at radius 1 is 1.12 bits per heavy atom. The number of amides is 1. The second kappa shape index (κ2) is 12.9. The van der Waals surface area contributed by atoms with Crippen LogP contribution in [0.15, 0.2) is 30.3 Å². The smallest absolute Gasteiger partial charge is 0.227 e. The molecule has 0 fully saturated rings. The lowest BCUT2D eigenvalue weighted by Gasteiger charge is -2.30. The molecule has 1 aromatic carbocycles. The minimum Gasteiger partial charge on any atom is -0.351 e. The Bertz CT molecular complexity index is 461. The molecule has 0 aliphatic rings. The average molecular weight is 351 g/mol. The number of benzene rings is 1. The molecule has 1 atom stereocenters. The summed E-state index contributed by atoms with van der Waals surface area (Å²) < 4.78 is 11.3. The second-order valence-corrected chi connectivity index (χ2v) is 6.10. The molecule has 1 aromatic rings. The number of carbonyl (C=O) groups is 1. The fourth-order valence-electron chi connectivity index (χ4n) is 2.77. The van der Waals surface area contributed by atoms with E-state index in [-0.39, 0.29) is 18.1 Å². The molecule has 5 heteroatoms. The third kappa shape index (κ3) is 7.99. The van der Waals surface area contributed by atoms with Gasteiger partial charge in [0.25, 0.3) is 0 Å². The normalized spacial score (nSPS) is 12.4. The van der Waals surface area contributed by atoms with E-state index in [0.717, 1.165) is 18.4 Å². The zero-order valence-corrected chi connectivity index (χ0v) is 15.9. The number of ether oxygens (including phenoxy) is 2. The van der Waals surface area contributed by atoms with Crippen LogP contribution in [-0.4, -0.2) is 49.9 Å². The van der Waals surface area contributed by atoms with Crippen molar-refractivity contribution in [3.05, 3.63) is 35.9 Å². The average Bonchev–Trinajstić information content (AvgIpc) is 2.63. The highest BCUT2D eigenvalue weighted by Crippen LogP contribution is 2.13. The molecule has 0 aliphatic heterocycles. The molecule has 142 valence electrons. The van der Waals surface area contributed by atoms with E-state index in [0.29, 0.717) is 39.3 Å². The highest BCUT2D eigenvalue weighted by Gasteiger charge is 2.26. The van der Waals surface area contributed by atoms with Gasteiger partial charge in [-0.25, -0.2) is 0 Å². The SMILES string of the molecule is CCCCN(CC(OCC)OCC)C(=O)[C@@H](CN)Cc1ccccc1. The largest absolute Gasteiger partial charge is 0.351 e. The Labute approximate surface area is 152 Å². The molecule has 0 bridgehead atoms. The first-order valence-electron chi connectivity index (χ1n) is 9.42. The van der Waals surface area contributed by atoms with E-state index < -0.39 is 0 Å². The molecule has 1 amide bonds. The van der Waals surface area contributed by atoms with Gasteiger partial charge >= 0.3 is 0 Å². The summed E-state index contributed by atoms with van der Waals surface area (Å²) in [7, 11) is 0. The van der Waals surface area contributed by atoms with Gasteiger partial charge in [0.1, 0.15) is 0 Å². The molecule has 0 radical (unpaired) electrons. The lowest BCUT2D eigenvalue weighted by molar-refractivity contribution is -0.161. The summed E-state index contributed by atoms with van der Waals surface area (Å²) >= 11 is 0. The van der Waals surface area contributed by atoms with E-state index in [4.69, 9.17) is 15.2 Å². The summed E-state index contributed by atoms with van der Waals surface area (Å²) in [5.74, 6) is -0.132. The molecule has 1 rings (SSSR count). The maximum absolute atomic E-state index is 13.1. The van der Waals surface area contributed by atoms with Crippen molar-refractivity contribution in [1.82, 2.24) is 4.90 Å². The monoisotopic (exact) mass is 350 g/mol. The summed E-state index contributed by atoms with van der Waals surface area (Å²) in [4.78, 5) is 14.9. The molecule has 0 aromatic heterocycles. The molecular weight excluding hydrogens is 316 g/mol. The van der Waals surface area contributed by atoms with Crippen molar-refractivity contribution in [3.8, 4) is 0 Å². The number of carbonyl (C=O) groups excluding carboxylic acids is 1. The first-order chi connectivity index (χ1) is 12.2. The van der Waals surface area contributed by atoms with Crippen molar-refractivity contribution in [2.45, 2.75) is 46.3 Å². The van der Waals surface area contributed by atoms with Crippen molar-refractivity contribution < 1.29 is 14.3 Å². The van der Waals surface area contributed by atoms with E-state index in [2.05, 4.69) is 6.92 Å². The van der Waals surface area contributed by atoms with E-state index in [9.17, 15) is 4.79 Å². The number of hydrogen-bond donors (Lipinski definition) is 1. The summed E-state index contributed by atoms with van der Waals surface area (Å²) in [5.41, 5.74) is 7.06. The maximum Gasteiger partial charge on any atom is 0.227 e. The van der Waals surface area contributed by atoms with Crippen LogP contribution in [0.1, 0.15) is 39.2 Å². The fraction of sp³-hybridized carbons (Fsp3) is 0.650. The zero-order chi connectivity index (χ0) is 18.5. The van der Waals surface area contributed by atoms with Crippen LogP contribution in [0.2, 0.25) is 0 Å². The van der Waals surface area contributed by atoms with Crippen molar-refractivity contribution in [2.24, 2.45) is 11.7 Å². The molecule has 0 saturated carbocycles. The number of hydrogen-bond acceptors (Lipinski definition) is 4. The van der Waals surface area contributed by atoms with Gasteiger partial charge in [-0.3, -0.25) is 4.79 Å². The lowest BCUT2D eigenvalue weighted by Crippen LogP contribution is -2.45. The predicted octanol–water partition coefficient (Wildman–Crippen LogP) is 2.83. The van der Waals surface area contributed by atoms with E-state index in [1.54, 1.807) is 0 Å². The second-order valence-electron chi connectivity index (χ2n) is 6.10. The van der Waals surface area contributed by atoms with Gasteiger partial charge in [0, 0.05) is 26.3 Å². The fourth-order valence-corrected chi connectivity index (χ4v) is 2.77. The third-order valence-corrected chi connectivity index (χ3v) is 4.13. The Kier molecular flexibility index (Phi) is 11.1. The van der Waals surface area contributed by atoms with Gasteiger partial charge in [-0.1, -0.05) is 43.7 Å². The maximum atomic E-state index is 13.1. The molecule has 2 N–H and O–H groups in total. The number of nitrogens with zero attached hydrogens (tertiary/aromatic N) is 1. The van der Waals surface area contributed by atoms with E-state index in [1.807, 2.05) is 49.1 Å². The Morgan fingerprint density at radius 2 is 1.76 bits per heavy atom. The van der Waals surface area contributed by atoms with Crippen LogP contribution in [0.5, 0.6) is 0 Å². The van der Waals surface area contributed by atoms with Crippen molar-refractivity contribution in [2.75, 3.05) is 32.8 Å². The van der Waals surface area contributed by atoms with E-state index >= 15 is 0 Å². The Balaban J connectivity index is 2.80. The first-order valence-corrected chi connectivity index (χ1v) is 9.42. The van der Waals surface area contributed by atoms with Gasteiger partial charge in [0.15, 0.2) is 6.29 Å². The van der Waals surface area contributed by atoms with E-state index in [1.165, 1.54) is 0 Å². The zero-order valence-electron chi connectivity index (χ0n) is 15.9. The van der Waals surface area contributed by atoms with Gasteiger partial charge in [0.05, 0.1) is 12.5 Å². The Hall–Kier alpha value is -1.43. The molecule has 0 unspecified atom stereocenters. The van der Waals surface area contributed by atoms with Crippen LogP contribution >= 0.6 is 0 Å². The van der Waals surface area contributed by atoms with Crippen LogP contribution in [0.4, 0.5) is 0 Å². The standard InChI is InChI=1S/C20H34N2O3/c1-4-7-13-22(16-19(24-5-2)25-6-3)20(23)18(15-21)14-17-11-9-8-10-12-17/h8-12,18-19H,4-7,13-16,21H2,1-3H3/t18-/m1/s1. The number of nitrogens with two attached hydrogens (primary N) is 1. The van der Waals surface area contributed by atoms with Gasteiger partial charge in [0.2, 0.25) is 5.91 Å². The van der Waals surface area contributed by atoms with Crippen LogP contribution in [0, 0.1) is 5.92 Å². The van der Waals surface area contributed by atoms with Gasteiger partial charge < -0.3 is 20.1 Å². The van der Waals surface area contributed by atoms with Crippen LogP contribution in [0.25, 0.3) is 0 Å². The Morgan fingerprint density at radius 3 is 2.28 bits per heavy atom. The summed E-state index contributed by atoms with van der Waals surface area (Å²) in [6.07, 6.45) is 2.27. The topological polar surface area (TPSA) is 64.8 Å². The summed E-state index contributed by atoms with van der Waals surface area (Å²) in [6.45, 7) is 8.60. The minimum atomic E-state index is -0.383. The van der Waals surface area contributed by atoms with Crippen molar-refractivity contribution in [1.29, 1.82) is 0 Å². The van der Waals surface area contributed by atoms with Crippen LogP contribution < -0.4 is 5.73 Å². The van der Waals surface area contributed by atoms with Gasteiger partial charge in [-0.2, -0.15) is 0 Å². The molecule has 0 spiro atoms. The van der Waals surface area contributed by atoms with Crippen molar-refractivity contribution >= 4 is 5.91 Å². The molecular formula is C20H34N2O3. The predicted molar refractivity (Wildman–Crippen MR) is 101 cm³/mol. The quantitative estimate of drug-likeness (QED) is 0.556. The van der Waals surface area contributed by atoms with Gasteiger partial charge in [-0.15, -0.1) is 0 Å². The number of rotatable bonds is 13. The lowest BCUT2D eigenvalue weighted by atomic mass is 9.97. The highest BCUT2D eigenvalue weighted by atomic mass is 16.7. The molecule has 5 nitrogen and oxygen atoms in total. The van der Waals surface area contributed by atoms with Gasteiger partial charge in [-0.05, 0) is 32.3 Å². The summed E-state index contributed by atoms with van der Waals surface area (Å²) in [6, 6.07) is 10.0. The third-order valence-electron chi connectivity index (χ3n) is 4.13. The molecule has 0 saturated heterocycles. The van der Waals surface area contributed by atoms with Crippen LogP contribution in [-0.2, 0) is 20.7 Å². The van der Waals surface area contributed by atoms with Crippen LogP contribution in [0.3, 0.4) is 0 Å². The molecule has 25 heavy (non-hydrogen) atoms. The van der Waals surface area contributed by atoms with Crippen molar-refractivity contribution in [3.63, 3.8) is 0 Å².